The second-order valence-electron chi connectivity index (χ2n) is 4.07. The van der Waals surface area contributed by atoms with Gasteiger partial charge in [0.25, 0.3) is 0 Å². The zero-order chi connectivity index (χ0) is 16.0. The van der Waals surface area contributed by atoms with Crippen LogP contribution in [0.25, 0.3) is 0 Å². The van der Waals surface area contributed by atoms with E-state index in [1.807, 2.05) is 13.8 Å². The summed E-state index contributed by atoms with van der Waals surface area (Å²) in [7, 11) is 0. The first kappa shape index (κ1) is 17.2. The monoisotopic (exact) mass is 319 g/mol. The Kier molecular flexibility index (Phi) is 5.95. The molecule has 0 spiro atoms. The first-order valence-electron chi connectivity index (χ1n) is 6.28. The average Bonchev–Trinajstić information content (AvgIpc) is 2.39. The van der Waals surface area contributed by atoms with Crippen molar-refractivity contribution in [2.45, 2.75) is 33.1 Å². The second-order valence-corrected chi connectivity index (χ2v) is 4.48. The maximum Gasteiger partial charge on any atom is 0.573 e. The summed E-state index contributed by atoms with van der Waals surface area (Å²) in [5.74, 6) is -0.315. The van der Waals surface area contributed by atoms with Crippen molar-refractivity contribution in [2.24, 2.45) is 10.8 Å². The van der Waals surface area contributed by atoms with E-state index in [4.69, 9.17) is 18.0 Å². The molecule has 1 aromatic carbocycles. The Labute approximate surface area is 126 Å². The van der Waals surface area contributed by atoms with E-state index in [2.05, 4.69) is 9.84 Å². The molecule has 116 valence electrons. The van der Waals surface area contributed by atoms with E-state index < -0.39 is 6.36 Å². The maximum absolute atomic E-state index is 12.1. The third-order valence-corrected chi connectivity index (χ3v) is 2.75. The SMILES string of the molecule is CCC(CC)=NN(C(N)=S)c1ccc(OC(F)(F)F)cc1. The van der Waals surface area contributed by atoms with Gasteiger partial charge in [-0.3, -0.25) is 0 Å². The lowest BCUT2D eigenvalue weighted by atomic mass is 10.2. The van der Waals surface area contributed by atoms with Crippen LogP contribution in [0.4, 0.5) is 18.9 Å². The molecule has 0 heterocycles. The zero-order valence-electron chi connectivity index (χ0n) is 11.6. The van der Waals surface area contributed by atoms with E-state index in [-0.39, 0.29) is 10.9 Å². The molecule has 0 aromatic heterocycles. The van der Waals surface area contributed by atoms with Crippen LogP contribution >= 0.6 is 12.2 Å². The molecule has 0 bridgehead atoms. The molecular formula is C13H16F3N3OS. The molecule has 0 atom stereocenters. The number of hydrazone groups is 1. The molecule has 1 aromatic rings. The normalized spacial score (nSPS) is 10.9. The second kappa shape index (κ2) is 7.26. The molecule has 1 rings (SSSR count). The van der Waals surface area contributed by atoms with Crippen LogP contribution in [0.2, 0.25) is 0 Å². The summed E-state index contributed by atoms with van der Waals surface area (Å²) in [4.78, 5) is 0. The molecule has 21 heavy (non-hydrogen) atoms. The minimum absolute atomic E-state index is 0.0129. The van der Waals surface area contributed by atoms with Crippen LogP contribution in [0.3, 0.4) is 0 Å². The van der Waals surface area contributed by atoms with Crippen LogP contribution in [-0.4, -0.2) is 17.2 Å². The van der Waals surface area contributed by atoms with Gasteiger partial charge < -0.3 is 10.5 Å². The van der Waals surface area contributed by atoms with Crippen LogP contribution in [-0.2, 0) is 0 Å². The van der Waals surface area contributed by atoms with Crippen LogP contribution in [0.5, 0.6) is 5.75 Å². The molecule has 0 aliphatic rings. The van der Waals surface area contributed by atoms with Gasteiger partial charge in [0.2, 0.25) is 0 Å². The number of rotatable bonds is 5. The number of thiocarbonyl (C=S) groups is 1. The van der Waals surface area contributed by atoms with E-state index in [0.717, 1.165) is 18.6 Å². The summed E-state index contributed by atoms with van der Waals surface area (Å²) in [6.45, 7) is 3.89. The molecule has 0 radical (unpaired) electrons. The fourth-order valence-electron chi connectivity index (χ4n) is 1.56. The lowest BCUT2D eigenvalue weighted by Crippen LogP contribution is -2.32. The van der Waals surface area contributed by atoms with Gasteiger partial charge in [-0.2, -0.15) is 5.10 Å². The van der Waals surface area contributed by atoms with Gasteiger partial charge in [-0.25, -0.2) is 5.01 Å². The van der Waals surface area contributed by atoms with E-state index in [0.29, 0.717) is 5.69 Å². The molecule has 0 amide bonds. The van der Waals surface area contributed by atoms with Crippen molar-refractivity contribution in [3.05, 3.63) is 24.3 Å². The maximum atomic E-state index is 12.1. The largest absolute Gasteiger partial charge is 0.573 e. The topological polar surface area (TPSA) is 50.8 Å². The number of benzene rings is 1. The van der Waals surface area contributed by atoms with Crippen molar-refractivity contribution in [3.63, 3.8) is 0 Å². The van der Waals surface area contributed by atoms with E-state index >= 15 is 0 Å². The predicted octanol–water partition coefficient (Wildman–Crippen LogP) is 3.81. The standard InChI is InChI=1S/C13H16F3N3OS/c1-3-9(4-2)18-19(12(17)21)10-5-7-11(8-6-10)20-13(14,15)16/h5-8H,3-4H2,1-2H3,(H2,17,21). The number of nitrogens with zero attached hydrogens (tertiary/aromatic N) is 2. The van der Waals surface area contributed by atoms with Gasteiger partial charge in [-0.1, -0.05) is 13.8 Å². The number of hydrogen-bond acceptors (Lipinski definition) is 3. The van der Waals surface area contributed by atoms with Crippen LogP contribution in [0.1, 0.15) is 26.7 Å². The lowest BCUT2D eigenvalue weighted by molar-refractivity contribution is -0.274. The summed E-state index contributed by atoms with van der Waals surface area (Å²) in [6, 6.07) is 5.18. The van der Waals surface area contributed by atoms with Gasteiger partial charge >= 0.3 is 6.36 Å². The average molecular weight is 319 g/mol. The summed E-state index contributed by atoms with van der Waals surface area (Å²) < 4.78 is 40.1. The van der Waals surface area contributed by atoms with E-state index in [9.17, 15) is 13.2 Å². The number of ether oxygens (including phenoxy) is 1. The summed E-state index contributed by atoms with van der Waals surface area (Å²) >= 11 is 4.92. The summed E-state index contributed by atoms with van der Waals surface area (Å²) in [6.07, 6.45) is -3.27. The Morgan fingerprint density at radius 1 is 1.24 bits per heavy atom. The van der Waals surface area contributed by atoms with Gasteiger partial charge in [0.15, 0.2) is 5.11 Å². The number of halogens is 3. The molecule has 0 aliphatic heterocycles. The van der Waals surface area contributed by atoms with Crippen molar-refractivity contribution in [1.82, 2.24) is 0 Å². The van der Waals surface area contributed by atoms with Crippen LogP contribution < -0.4 is 15.5 Å². The molecule has 0 fully saturated rings. The van der Waals surface area contributed by atoms with E-state index in [1.54, 1.807) is 0 Å². The fourth-order valence-corrected chi connectivity index (χ4v) is 1.70. The Bertz CT molecular complexity index is 508. The first-order valence-corrected chi connectivity index (χ1v) is 6.69. The van der Waals surface area contributed by atoms with Gasteiger partial charge in [0.1, 0.15) is 5.75 Å². The van der Waals surface area contributed by atoms with Crippen molar-refractivity contribution in [1.29, 1.82) is 0 Å². The summed E-state index contributed by atoms with van der Waals surface area (Å²) in [5, 5.41) is 5.64. The minimum atomic E-state index is -4.72. The van der Waals surface area contributed by atoms with Crippen molar-refractivity contribution in [2.75, 3.05) is 5.01 Å². The Morgan fingerprint density at radius 3 is 2.14 bits per heavy atom. The molecular weight excluding hydrogens is 303 g/mol. The fraction of sp³-hybridized carbons (Fsp3) is 0.385. The Hall–Kier alpha value is -1.83. The van der Waals surface area contributed by atoms with Gasteiger partial charge in [-0.05, 0) is 49.3 Å². The summed E-state index contributed by atoms with van der Waals surface area (Å²) in [5.41, 5.74) is 6.95. The molecule has 0 saturated heterocycles. The van der Waals surface area contributed by atoms with Gasteiger partial charge in [0, 0.05) is 5.71 Å². The number of anilines is 1. The van der Waals surface area contributed by atoms with Crippen LogP contribution in [0.15, 0.2) is 29.4 Å². The highest BCUT2D eigenvalue weighted by molar-refractivity contribution is 7.80. The Balaban J connectivity index is 3.00. The van der Waals surface area contributed by atoms with Gasteiger partial charge in [0.05, 0.1) is 5.69 Å². The third-order valence-electron chi connectivity index (χ3n) is 2.58. The van der Waals surface area contributed by atoms with E-state index in [1.165, 1.54) is 29.3 Å². The quantitative estimate of drug-likeness (QED) is 0.509. The highest BCUT2D eigenvalue weighted by atomic mass is 32.1. The van der Waals surface area contributed by atoms with Crippen LogP contribution in [0, 0.1) is 0 Å². The predicted molar refractivity (Wildman–Crippen MR) is 80.4 cm³/mol. The van der Waals surface area contributed by atoms with Crippen molar-refractivity contribution in [3.8, 4) is 5.75 Å². The number of nitrogens with two attached hydrogens (primary N) is 1. The smallest absolute Gasteiger partial charge is 0.406 e. The molecule has 8 heteroatoms. The van der Waals surface area contributed by atoms with Crippen molar-refractivity contribution < 1.29 is 17.9 Å². The van der Waals surface area contributed by atoms with Crippen molar-refractivity contribution >= 4 is 28.7 Å². The third kappa shape index (κ3) is 5.58. The number of hydrogen-bond donors (Lipinski definition) is 1. The number of alkyl halides is 3. The molecule has 0 saturated carbocycles. The lowest BCUT2D eigenvalue weighted by Gasteiger charge is -2.19. The first-order chi connectivity index (χ1) is 9.76. The highest BCUT2D eigenvalue weighted by Crippen LogP contribution is 2.25. The minimum Gasteiger partial charge on any atom is -0.406 e. The highest BCUT2D eigenvalue weighted by Gasteiger charge is 2.31. The zero-order valence-corrected chi connectivity index (χ0v) is 12.5. The van der Waals surface area contributed by atoms with Gasteiger partial charge in [-0.15, -0.1) is 13.2 Å². The molecule has 4 nitrogen and oxygen atoms in total. The molecule has 0 aliphatic carbocycles. The molecule has 0 unspecified atom stereocenters. The Morgan fingerprint density at radius 2 is 1.76 bits per heavy atom. The molecule has 2 N–H and O–H groups in total.